The summed E-state index contributed by atoms with van der Waals surface area (Å²) in [5.41, 5.74) is 5.44. The number of hydrogen-bond donors (Lipinski definition) is 1. The van der Waals surface area contributed by atoms with Crippen LogP contribution in [0.15, 0.2) is 48.8 Å². The van der Waals surface area contributed by atoms with Crippen LogP contribution in [0, 0.1) is 0 Å². The molecule has 1 aliphatic heterocycles. The molecule has 2 aromatic rings. The first kappa shape index (κ1) is 11.9. The predicted molar refractivity (Wildman–Crippen MR) is 73.3 cm³/mol. The molecule has 19 heavy (non-hydrogen) atoms. The Kier molecular flexibility index (Phi) is 3.25. The summed E-state index contributed by atoms with van der Waals surface area (Å²) in [6.45, 7) is 1.86. The number of carbonyl (C=O) groups excluding carboxylic acids is 1. The number of benzene rings is 1. The van der Waals surface area contributed by atoms with Gasteiger partial charge in [-0.3, -0.25) is 15.2 Å². The van der Waals surface area contributed by atoms with Crippen molar-refractivity contribution in [1.82, 2.24) is 15.4 Å². The zero-order chi connectivity index (χ0) is 13.1. The van der Waals surface area contributed by atoms with Crippen LogP contribution in [0.1, 0.15) is 16.8 Å². The number of aromatic nitrogens is 1. The third kappa shape index (κ3) is 2.48. The van der Waals surface area contributed by atoms with Crippen molar-refractivity contribution in [3.05, 3.63) is 54.4 Å². The Bertz CT molecular complexity index is 579. The van der Waals surface area contributed by atoms with E-state index in [1.165, 1.54) is 0 Å². The van der Waals surface area contributed by atoms with Gasteiger partial charge in [0.05, 0.1) is 5.56 Å². The molecule has 1 amide bonds. The summed E-state index contributed by atoms with van der Waals surface area (Å²) in [4.78, 5) is 16.4. The molecule has 1 aromatic carbocycles. The molecule has 0 saturated carbocycles. The minimum absolute atomic E-state index is 0.0686. The zero-order valence-corrected chi connectivity index (χ0v) is 10.5. The standard InChI is InChI=1S/C15H15N3O/c19-15(17-18-9-4-10-18)13-7-8-16-11-14(13)12-5-2-1-3-6-12/h1-3,5-8,11H,4,9-10H2,(H,17,19). The molecular formula is C15H15N3O. The fraction of sp³-hybridized carbons (Fsp3) is 0.200. The Hall–Kier alpha value is -2.20. The van der Waals surface area contributed by atoms with Crippen molar-refractivity contribution in [3.8, 4) is 11.1 Å². The Morgan fingerprint density at radius 2 is 1.95 bits per heavy atom. The molecule has 0 unspecified atom stereocenters. The van der Waals surface area contributed by atoms with Crippen LogP contribution in [0.3, 0.4) is 0 Å². The van der Waals surface area contributed by atoms with Crippen LogP contribution in [0.4, 0.5) is 0 Å². The van der Waals surface area contributed by atoms with Crippen molar-refractivity contribution in [3.63, 3.8) is 0 Å². The average molecular weight is 253 g/mol. The highest BCUT2D eigenvalue weighted by Crippen LogP contribution is 2.22. The van der Waals surface area contributed by atoms with E-state index in [0.717, 1.165) is 30.6 Å². The van der Waals surface area contributed by atoms with E-state index in [9.17, 15) is 4.79 Å². The summed E-state index contributed by atoms with van der Waals surface area (Å²) in [6, 6.07) is 11.6. The van der Waals surface area contributed by atoms with Crippen molar-refractivity contribution in [2.75, 3.05) is 13.1 Å². The van der Waals surface area contributed by atoms with Gasteiger partial charge in [-0.05, 0) is 18.1 Å². The van der Waals surface area contributed by atoms with E-state index in [-0.39, 0.29) is 5.91 Å². The van der Waals surface area contributed by atoms with Gasteiger partial charge >= 0.3 is 0 Å². The van der Waals surface area contributed by atoms with Crippen molar-refractivity contribution in [2.24, 2.45) is 0 Å². The van der Waals surface area contributed by atoms with Crippen LogP contribution in [-0.4, -0.2) is 29.0 Å². The maximum atomic E-state index is 12.3. The smallest absolute Gasteiger partial charge is 0.266 e. The molecule has 1 N–H and O–H groups in total. The second-order valence-corrected chi connectivity index (χ2v) is 4.57. The van der Waals surface area contributed by atoms with E-state index in [1.807, 2.05) is 35.3 Å². The zero-order valence-electron chi connectivity index (χ0n) is 10.5. The van der Waals surface area contributed by atoms with Gasteiger partial charge < -0.3 is 0 Å². The molecule has 96 valence electrons. The highest BCUT2D eigenvalue weighted by atomic mass is 16.2. The monoisotopic (exact) mass is 253 g/mol. The van der Waals surface area contributed by atoms with Gasteiger partial charge in [-0.1, -0.05) is 30.3 Å². The topological polar surface area (TPSA) is 45.2 Å². The molecule has 1 aromatic heterocycles. The normalized spacial score (nSPS) is 14.7. The molecule has 4 heteroatoms. The summed E-state index contributed by atoms with van der Waals surface area (Å²) >= 11 is 0. The lowest BCUT2D eigenvalue weighted by molar-refractivity contribution is 0.0643. The van der Waals surface area contributed by atoms with E-state index in [0.29, 0.717) is 5.56 Å². The van der Waals surface area contributed by atoms with E-state index in [2.05, 4.69) is 10.4 Å². The molecule has 4 nitrogen and oxygen atoms in total. The van der Waals surface area contributed by atoms with Crippen LogP contribution < -0.4 is 5.43 Å². The maximum Gasteiger partial charge on any atom is 0.266 e. The first-order valence-corrected chi connectivity index (χ1v) is 6.40. The highest BCUT2D eigenvalue weighted by Gasteiger charge is 2.19. The number of hydrazine groups is 1. The molecule has 3 rings (SSSR count). The van der Waals surface area contributed by atoms with Gasteiger partial charge in [0.25, 0.3) is 5.91 Å². The van der Waals surface area contributed by atoms with Crippen LogP contribution in [0.25, 0.3) is 11.1 Å². The lowest BCUT2D eigenvalue weighted by Crippen LogP contribution is -2.50. The van der Waals surface area contributed by atoms with Gasteiger partial charge in [-0.15, -0.1) is 0 Å². The van der Waals surface area contributed by atoms with Crippen molar-refractivity contribution in [2.45, 2.75) is 6.42 Å². The lowest BCUT2D eigenvalue weighted by atomic mass is 10.0. The molecule has 1 aliphatic rings. The molecule has 0 spiro atoms. The average Bonchev–Trinajstić information content (AvgIpc) is 2.43. The van der Waals surface area contributed by atoms with Crippen molar-refractivity contribution < 1.29 is 4.79 Å². The predicted octanol–water partition coefficient (Wildman–Crippen LogP) is 2.10. The Morgan fingerprint density at radius 1 is 1.16 bits per heavy atom. The molecule has 0 aliphatic carbocycles. The van der Waals surface area contributed by atoms with E-state index in [4.69, 9.17) is 0 Å². The summed E-state index contributed by atoms with van der Waals surface area (Å²) in [5.74, 6) is -0.0686. The maximum absolute atomic E-state index is 12.3. The number of pyridine rings is 1. The first-order chi connectivity index (χ1) is 9.34. The van der Waals surface area contributed by atoms with Crippen LogP contribution in [0.2, 0.25) is 0 Å². The number of nitrogens with zero attached hydrogens (tertiary/aromatic N) is 2. The Labute approximate surface area is 112 Å². The number of rotatable bonds is 3. The molecule has 0 bridgehead atoms. The Balaban J connectivity index is 1.90. The van der Waals surface area contributed by atoms with Gasteiger partial charge in [0.1, 0.15) is 0 Å². The third-order valence-corrected chi connectivity index (χ3v) is 3.27. The molecule has 0 atom stereocenters. The molecule has 1 saturated heterocycles. The van der Waals surface area contributed by atoms with Crippen LogP contribution >= 0.6 is 0 Å². The summed E-state index contributed by atoms with van der Waals surface area (Å²) in [6.07, 6.45) is 4.53. The summed E-state index contributed by atoms with van der Waals surface area (Å²) < 4.78 is 0. The first-order valence-electron chi connectivity index (χ1n) is 6.40. The van der Waals surface area contributed by atoms with Crippen molar-refractivity contribution in [1.29, 1.82) is 0 Å². The number of hydrogen-bond acceptors (Lipinski definition) is 3. The fourth-order valence-electron chi connectivity index (χ4n) is 2.07. The molecule has 1 fully saturated rings. The SMILES string of the molecule is O=C(NN1CCC1)c1ccncc1-c1ccccc1. The second-order valence-electron chi connectivity index (χ2n) is 4.57. The van der Waals surface area contributed by atoms with Gasteiger partial charge in [0, 0.05) is 31.0 Å². The molecule has 0 radical (unpaired) electrons. The minimum atomic E-state index is -0.0686. The minimum Gasteiger partial charge on any atom is -0.285 e. The summed E-state index contributed by atoms with van der Waals surface area (Å²) in [5, 5.41) is 1.93. The fourth-order valence-corrected chi connectivity index (χ4v) is 2.07. The van der Waals surface area contributed by atoms with Gasteiger partial charge in [-0.2, -0.15) is 0 Å². The number of amides is 1. The third-order valence-electron chi connectivity index (χ3n) is 3.27. The number of carbonyl (C=O) groups is 1. The van der Waals surface area contributed by atoms with Gasteiger partial charge in [0.2, 0.25) is 0 Å². The number of nitrogens with one attached hydrogen (secondary N) is 1. The molecular weight excluding hydrogens is 238 g/mol. The van der Waals surface area contributed by atoms with Crippen LogP contribution in [-0.2, 0) is 0 Å². The van der Waals surface area contributed by atoms with Gasteiger partial charge in [-0.25, -0.2) is 5.01 Å². The van der Waals surface area contributed by atoms with Gasteiger partial charge in [0.15, 0.2) is 0 Å². The summed E-state index contributed by atoms with van der Waals surface area (Å²) in [7, 11) is 0. The second kappa shape index (κ2) is 5.20. The Morgan fingerprint density at radius 3 is 2.63 bits per heavy atom. The van der Waals surface area contributed by atoms with E-state index < -0.39 is 0 Å². The lowest BCUT2D eigenvalue weighted by Gasteiger charge is -2.31. The van der Waals surface area contributed by atoms with Crippen molar-refractivity contribution >= 4 is 5.91 Å². The highest BCUT2D eigenvalue weighted by molar-refractivity contribution is 6.00. The van der Waals surface area contributed by atoms with E-state index >= 15 is 0 Å². The quantitative estimate of drug-likeness (QED) is 0.911. The van der Waals surface area contributed by atoms with Crippen LogP contribution in [0.5, 0.6) is 0 Å². The largest absolute Gasteiger partial charge is 0.285 e. The van der Waals surface area contributed by atoms with E-state index in [1.54, 1.807) is 18.5 Å². The molecule has 2 heterocycles.